The summed E-state index contributed by atoms with van der Waals surface area (Å²) in [7, 11) is 0. The van der Waals surface area contributed by atoms with Crippen LogP contribution in [-0.4, -0.2) is 30.4 Å². The molecule has 0 saturated carbocycles. The van der Waals surface area contributed by atoms with E-state index in [4.69, 9.17) is 27.9 Å². The van der Waals surface area contributed by atoms with Gasteiger partial charge < -0.3 is 10.1 Å². The summed E-state index contributed by atoms with van der Waals surface area (Å²) in [4.78, 5) is 50.7. The maximum Gasteiger partial charge on any atom is 0.335 e. The van der Waals surface area contributed by atoms with E-state index in [0.717, 1.165) is 4.90 Å². The number of ether oxygens (including phenoxy) is 1. The van der Waals surface area contributed by atoms with Gasteiger partial charge in [-0.3, -0.25) is 19.7 Å². The second kappa shape index (κ2) is 10.4. The third-order valence-corrected chi connectivity index (χ3v) is 5.36. The molecule has 1 saturated heterocycles. The first kappa shape index (κ1) is 24.0. The Morgan fingerprint density at radius 3 is 2.29 bits per heavy atom. The van der Waals surface area contributed by atoms with Crippen LogP contribution in [0.5, 0.6) is 5.75 Å². The molecule has 0 bridgehead atoms. The molecule has 0 unspecified atom stereocenters. The number of halogens is 2. The number of hydrogen-bond acceptors (Lipinski definition) is 5. The van der Waals surface area contributed by atoms with Gasteiger partial charge in [-0.15, -0.1) is 0 Å². The van der Waals surface area contributed by atoms with Crippen LogP contribution in [0.1, 0.15) is 5.56 Å². The van der Waals surface area contributed by atoms with Gasteiger partial charge in [-0.1, -0.05) is 35.3 Å². The molecule has 4 rings (SSSR count). The number of carbonyl (C=O) groups is 4. The third kappa shape index (κ3) is 5.87. The lowest BCUT2D eigenvalue weighted by atomic mass is 10.1. The minimum absolute atomic E-state index is 0.239. The molecule has 0 aromatic heterocycles. The van der Waals surface area contributed by atoms with Gasteiger partial charge in [0.15, 0.2) is 6.61 Å². The summed E-state index contributed by atoms with van der Waals surface area (Å²) in [5.74, 6) is -1.64. The summed E-state index contributed by atoms with van der Waals surface area (Å²) in [5.41, 5.74) is 1.06. The number of hydrogen-bond donors (Lipinski definition) is 2. The first-order valence-electron chi connectivity index (χ1n) is 10.3. The van der Waals surface area contributed by atoms with E-state index < -0.39 is 17.8 Å². The highest BCUT2D eigenvalue weighted by Crippen LogP contribution is 2.24. The maximum absolute atomic E-state index is 13.0. The quantitative estimate of drug-likeness (QED) is 0.370. The van der Waals surface area contributed by atoms with Crippen LogP contribution in [0.2, 0.25) is 10.0 Å². The second-order valence-electron chi connectivity index (χ2n) is 7.35. The first-order chi connectivity index (χ1) is 16.8. The topological polar surface area (TPSA) is 105 Å². The highest BCUT2D eigenvalue weighted by Gasteiger charge is 2.36. The average molecular weight is 510 g/mol. The van der Waals surface area contributed by atoms with Crippen LogP contribution in [0.25, 0.3) is 6.08 Å². The summed E-state index contributed by atoms with van der Waals surface area (Å²) in [6.45, 7) is -0.263. The molecule has 0 aliphatic carbocycles. The molecule has 1 aliphatic heterocycles. The highest BCUT2D eigenvalue weighted by atomic mass is 35.5. The van der Waals surface area contributed by atoms with Gasteiger partial charge >= 0.3 is 6.03 Å². The lowest BCUT2D eigenvalue weighted by Crippen LogP contribution is -2.54. The van der Waals surface area contributed by atoms with Crippen molar-refractivity contribution in [3.05, 3.63) is 94.0 Å². The molecule has 0 radical (unpaired) electrons. The normalized spacial score (nSPS) is 14.6. The van der Waals surface area contributed by atoms with Crippen molar-refractivity contribution in [3.63, 3.8) is 0 Å². The van der Waals surface area contributed by atoms with Gasteiger partial charge in [-0.05, 0) is 72.3 Å². The van der Waals surface area contributed by atoms with Crippen LogP contribution in [0, 0.1) is 0 Å². The van der Waals surface area contributed by atoms with Crippen LogP contribution in [0.4, 0.5) is 16.2 Å². The van der Waals surface area contributed by atoms with E-state index in [1.54, 1.807) is 48.5 Å². The Kier molecular flexibility index (Phi) is 7.14. The Morgan fingerprint density at radius 1 is 0.943 bits per heavy atom. The van der Waals surface area contributed by atoms with E-state index in [-0.39, 0.29) is 23.8 Å². The number of anilines is 2. The van der Waals surface area contributed by atoms with E-state index in [0.29, 0.717) is 27.0 Å². The predicted octanol–water partition coefficient (Wildman–Crippen LogP) is 4.68. The minimum Gasteiger partial charge on any atom is -0.484 e. The van der Waals surface area contributed by atoms with Crippen molar-refractivity contribution >= 4 is 64.4 Å². The van der Waals surface area contributed by atoms with Crippen LogP contribution in [0.3, 0.4) is 0 Å². The predicted molar refractivity (Wildman–Crippen MR) is 132 cm³/mol. The molecule has 3 aromatic carbocycles. The van der Waals surface area contributed by atoms with Crippen molar-refractivity contribution in [2.24, 2.45) is 0 Å². The number of imide groups is 2. The zero-order valence-electron chi connectivity index (χ0n) is 18.0. The van der Waals surface area contributed by atoms with Crippen molar-refractivity contribution in [1.82, 2.24) is 5.32 Å². The summed E-state index contributed by atoms with van der Waals surface area (Å²) >= 11 is 11.7. The number of urea groups is 1. The van der Waals surface area contributed by atoms with Gasteiger partial charge in [0.05, 0.1) is 5.69 Å². The number of nitrogens with zero attached hydrogens (tertiary/aromatic N) is 1. The largest absolute Gasteiger partial charge is 0.484 e. The van der Waals surface area contributed by atoms with Crippen molar-refractivity contribution in [2.75, 3.05) is 16.8 Å². The van der Waals surface area contributed by atoms with Gasteiger partial charge in [0, 0.05) is 15.7 Å². The van der Waals surface area contributed by atoms with Crippen molar-refractivity contribution in [2.45, 2.75) is 0 Å². The van der Waals surface area contributed by atoms with Gasteiger partial charge in [-0.25, -0.2) is 9.69 Å². The minimum atomic E-state index is -0.858. The van der Waals surface area contributed by atoms with Crippen LogP contribution in [-0.2, 0) is 14.4 Å². The molecular weight excluding hydrogens is 493 g/mol. The van der Waals surface area contributed by atoms with Crippen molar-refractivity contribution in [1.29, 1.82) is 0 Å². The van der Waals surface area contributed by atoms with E-state index in [1.807, 2.05) is 0 Å². The SMILES string of the molecule is O=C(COc1cccc(/C=C2/C(=O)NC(=O)N(c3ccc(Cl)cc3)C2=O)c1)Nc1ccc(Cl)cc1. The maximum atomic E-state index is 13.0. The number of barbiturate groups is 1. The third-order valence-electron chi connectivity index (χ3n) is 4.85. The fourth-order valence-corrected chi connectivity index (χ4v) is 3.47. The zero-order valence-corrected chi connectivity index (χ0v) is 19.5. The lowest BCUT2D eigenvalue weighted by molar-refractivity contribution is -0.122. The molecule has 176 valence electrons. The molecule has 2 N–H and O–H groups in total. The van der Waals surface area contributed by atoms with E-state index in [9.17, 15) is 19.2 Å². The highest BCUT2D eigenvalue weighted by molar-refractivity contribution is 6.39. The average Bonchev–Trinajstić information content (AvgIpc) is 2.83. The molecule has 10 heteroatoms. The standard InChI is InChI=1S/C25H17Cl2N3O5/c26-16-4-8-18(9-5-16)28-22(31)14-35-20-3-1-2-15(12-20)13-21-23(32)29-25(34)30(24(21)33)19-10-6-17(27)7-11-19/h1-13H,14H2,(H,28,31)(H,29,32,34)/b21-13-. The summed E-state index contributed by atoms with van der Waals surface area (Å²) < 4.78 is 5.54. The molecule has 8 nitrogen and oxygen atoms in total. The molecule has 1 heterocycles. The molecule has 0 atom stereocenters. The molecule has 1 aliphatic rings. The number of amides is 5. The van der Waals surface area contributed by atoms with Crippen molar-refractivity contribution < 1.29 is 23.9 Å². The summed E-state index contributed by atoms with van der Waals surface area (Å²) in [6.07, 6.45) is 1.34. The number of carbonyl (C=O) groups excluding carboxylic acids is 4. The van der Waals surface area contributed by atoms with Gasteiger partial charge in [0.25, 0.3) is 17.7 Å². The lowest BCUT2D eigenvalue weighted by Gasteiger charge is -2.26. The number of benzene rings is 3. The Hall–Kier alpha value is -4.14. The second-order valence-corrected chi connectivity index (χ2v) is 8.22. The van der Waals surface area contributed by atoms with Crippen LogP contribution in [0.15, 0.2) is 78.4 Å². The summed E-state index contributed by atoms with van der Waals surface area (Å²) in [6, 6.07) is 18.3. The van der Waals surface area contributed by atoms with Crippen LogP contribution < -0.4 is 20.3 Å². The Morgan fingerprint density at radius 2 is 1.60 bits per heavy atom. The summed E-state index contributed by atoms with van der Waals surface area (Å²) in [5, 5.41) is 5.83. The molecule has 5 amide bonds. The Labute approximate surface area is 210 Å². The monoisotopic (exact) mass is 509 g/mol. The number of rotatable bonds is 6. The van der Waals surface area contributed by atoms with E-state index in [1.165, 1.54) is 30.3 Å². The van der Waals surface area contributed by atoms with Gasteiger partial charge in [0.2, 0.25) is 0 Å². The Bertz CT molecular complexity index is 1340. The fourth-order valence-electron chi connectivity index (χ4n) is 3.22. The molecule has 3 aromatic rings. The van der Waals surface area contributed by atoms with Gasteiger partial charge in [-0.2, -0.15) is 0 Å². The first-order valence-corrected chi connectivity index (χ1v) is 11.0. The Balaban J connectivity index is 1.47. The fraction of sp³-hybridized carbons (Fsp3) is 0.0400. The smallest absolute Gasteiger partial charge is 0.335 e. The van der Waals surface area contributed by atoms with E-state index >= 15 is 0 Å². The molecule has 0 spiro atoms. The molecule has 1 fully saturated rings. The van der Waals surface area contributed by atoms with Crippen molar-refractivity contribution in [3.8, 4) is 5.75 Å². The zero-order chi connectivity index (χ0) is 24.9. The van der Waals surface area contributed by atoms with E-state index in [2.05, 4.69) is 10.6 Å². The van der Waals surface area contributed by atoms with Gasteiger partial charge in [0.1, 0.15) is 11.3 Å². The number of nitrogens with one attached hydrogen (secondary N) is 2. The van der Waals surface area contributed by atoms with Crippen LogP contribution >= 0.6 is 23.2 Å². The molecule has 35 heavy (non-hydrogen) atoms. The molecular formula is C25H17Cl2N3O5.